The molecule has 0 saturated heterocycles. The number of amides is 1. The maximum Gasteiger partial charge on any atom is 0.272 e. The first-order valence-electron chi connectivity index (χ1n) is 5.92. The third kappa shape index (κ3) is 3.29. The predicted molar refractivity (Wildman–Crippen MR) is 74.1 cm³/mol. The first-order chi connectivity index (χ1) is 9.08. The summed E-state index contributed by atoms with van der Waals surface area (Å²) in [5.74, 6) is -0.286. The Morgan fingerprint density at radius 1 is 1.32 bits per heavy atom. The van der Waals surface area contributed by atoms with Crippen LogP contribution in [0.3, 0.4) is 0 Å². The number of benzene rings is 1. The molecule has 4 nitrogen and oxygen atoms in total. The van der Waals surface area contributed by atoms with E-state index in [2.05, 4.69) is 15.3 Å². The first-order valence-corrected chi connectivity index (χ1v) is 6.29. The molecule has 0 bridgehead atoms. The zero-order chi connectivity index (χ0) is 13.8. The number of halogens is 1. The molecule has 1 aromatic heterocycles. The molecule has 0 spiro atoms. The van der Waals surface area contributed by atoms with Crippen molar-refractivity contribution >= 4 is 17.5 Å². The summed E-state index contributed by atoms with van der Waals surface area (Å²) in [4.78, 5) is 19.8. The lowest BCUT2D eigenvalue weighted by molar-refractivity contribution is 0.0934. The van der Waals surface area contributed by atoms with Gasteiger partial charge in [-0.25, -0.2) is 4.98 Å². The minimum absolute atomic E-state index is 0.102. The molecule has 0 aliphatic rings. The van der Waals surface area contributed by atoms with E-state index in [0.29, 0.717) is 0 Å². The molecule has 0 aliphatic carbocycles. The molecule has 1 aromatic carbocycles. The topological polar surface area (TPSA) is 54.9 Å². The lowest BCUT2D eigenvalue weighted by Crippen LogP contribution is -2.28. The highest BCUT2D eigenvalue weighted by molar-refractivity contribution is 6.29. The van der Waals surface area contributed by atoms with Gasteiger partial charge in [-0.05, 0) is 25.0 Å². The lowest BCUT2D eigenvalue weighted by Gasteiger charge is -2.16. The molecule has 2 rings (SSSR count). The van der Waals surface area contributed by atoms with Crippen molar-refractivity contribution in [3.63, 3.8) is 0 Å². The van der Waals surface area contributed by atoms with Crippen molar-refractivity contribution in [3.8, 4) is 0 Å². The van der Waals surface area contributed by atoms with Crippen LogP contribution in [0.2, 0.25) is 5.15 Å². The molecule has 0 radical (unpaired) electrons. The van der Waals surface area contributed by atoms with Gasteiger partial charge < -0.3 is 5.32 Å². The van der Waals surface area contributed by atoms with Crippen molar-refractivity contribution in [2.75, 3.05) is 0 Å². The quantitative estimate of drug-likeness (QED) is 0.937. The Morgan fingerprint density at radius 3 is 2.74 bits per heavy atom. The highest BCUT2D eigenvalue weighted by atomic mass is 35.5. The van der Waals surface area contributed by atoms with E-state index < -0.39 is 0 Å². The van der Waals surface area contributed by atoms with Crippen LogP contribution in [0.5, 0.6) is 0 Å². The summed E-state index contributed by atoms with van der Waals surface area (Å²) >= 11 is 5.71. The van der Waals surface area contributed by atoms with E-state index in [-0.39, 0.29) is 22.8 Å². The van der Waals surface area contributed by atoms with Crippen LogP contribution >= 0.6 is 11.6 Å². The van der Waals surface area contributed by atoms with E-state index in [1.54, 1.807) is 0 Å². The molecule has 0 saturated carbocycles. The average molecular weight is 276 g/mol. The number of hydrogen-bond acceptors (Lipinski definition) is 3. The van der Waals surface area contributed by atoms with Crippen LogP contribution in [-0.2, 0) is 0 Å². The number of aromatic nitrogens is 2. The highest BCUT2D eigenvalue weighted by Crippen LogP contribution is 2.17. The van der Waals surface area contributed by atoms with E-state index in [9.17, 15) is 4.79 Å². The molecule has 1 unspecified atom stereocenters. The van der Waals surface area contributed by atoms with Gasteiger partial charge in [-0.15, -0.1) is 0 Å². The van der Waals surface area contributed by atoms with Gasteiger partial charge in [0.2, 0.25) is 0 Å². The van der Waals surface area contributed by atoms with Crippen LogP contribution in [0, 0.1) is 6.92 Å². The summed E-state index contributed by atoms with van der Waals surface area (Å²) < 4.78 is 0. The van der Waals surface area contributed by atoms with Crippen LogP contribution in [0.25, 0.3) is 0 Å². The van der Waals surface area contributed by atoms with Crippen LogP contribution in [-0.4, -0.2) is 15.9 Å². The van der Waals surface area contributed by atoms with E-state index in [1.165, 1.54) is 12.4 Å². The summed E-state index contributed by atoms with van der Waals surface area (Å²) in [6.07, 6.45) is 2.79. The Kier molecular flexibility index (Phi) is 4.12. The van der Waals surface area contributed by atoms with Crippen LogP contribution in [0.15, 0.2) is 36.7 Å². The van der Waals surface area contributed by atoms with Crippen molar-refractivity contribution < 1.29 is 4.79 Å². The smallest absolute Gasteiger partial charge is 0.272 e. The minimum atomic E-state index is -0.286. The number of rotatable bonds is 3. The second kappa shape index (κ2) is 5.80. The fraction of sp³-hybridized carbons (Fsp3) is 0.214. The van der Waals surface area contributed by atoms with Gasteiger partial charge in [-0.2, -0.15) is 0 Å². The Morgan fingerprint density at radius 2 is 2.05 bits per heavy atom. The number of carbonyl (C=O) groups is 1. The van der Waals surface area contributed by atoms with Crippen LogP contribution < -0.4 is 5.32 Å². The second-order valence-electron chi connectivity index (χ2n) is 4.28. The minimum Gasteiger partial charge on any atom is -0.344 e. The molecule has 2 aromatic rings. The van der Waals surface area contributed by atoms with Gasteiger partial charge in [-0.1, -0.05) is 35.9 Å². The Hall–Kier alpha value is -1.94. The lowest BCUT2D eigenvalue weighted by atomic mass is 10.0. The highest BCUT2D eigenvalue weighted by Gasteiger charge is 2.14. The zero-order valence-electron chi connectivity index (χ0n) is 10.7. The van der Waals surface area contributed by atoms with Gasteiger partial charge in [0.25, 0.3) is 5.91 Å². The SMILES string of the molecule is Cc1ccccc1C(C)NC(=O)c1cncc(Cl)n1. The van der Waals surface area contributed by atoms with E-state index in [1.807, 2.05) is 38.1 Å². The second-order valence-corrected chi connectivity index (χ2v) is 4.67. The molecule has 98 valence electrons. The normalized spacial score (nSPS) is 11.9. The van der Waals surface area contributed by atoms with Crippen molar-refractivity contribution in [1.82, 2.24) is 15.3 Å². The summed E-state index contributed by atoms with van der Waals surface area (Å²) in [5.41, 5.74) is 2.42. The van der Waals surface area contributed by atoms with Crippen molar-refractivity contribution in [1.29, 1.82) is 0 Å². The monoisotopic (exact) mass is 275 g/mol. The number of nitrogens with one attached hydrogen (secondary N) is 1. The standard InChI is InChI=1S/C14H14ClN3O/c1-9-5-3-4-6-11(9)10(2)17-14(19)12-7-16-8-13(15)18-12/h3-8,10H,1-2H3,(H,17,19). The molecule has 19 heavy (non-hydrogen) atoms. The van der Waals surface area contributed by atoms with Gasteiger partial charge in [0.15, 0.2) is 0 Å². The largest absolute Gasteiger partial charge is 0.344 e. The van der Waals surface area contributed by atoms with Gasteiger partial charge in [0, 0.05) is 0 Å². The number of carbonyl (C=O) groups excluding carboxylic acids is 1. The number of hydrogen-bond donors (Lipinski definition) is 1. The Bertz CT molecular complexity index is 601. The maximum absolute atomic E-state index is 12.0. The Balaban J connectivity index is 2.13. The molecular weight excluding hydrogens is 262 g/mol. The van der Waals surface area contributed by atoms with E-state index >= 15 is 0 Å². The zero-order valence-corrected chi connectivity index (χ0v) is 11.5. The summed E-state index contributed by atoms with van der Waals surface area (Å²) in [7, 11) is 0. The molecule has 1 amide bonds. The van der Waals surface area contributed by atoms with Crippen LogP contribution in [0.1, 0.15) is 34.6 Å². The molecule has 0 fully saturated rings. The van der Waals surface area contributed by atoms with Gasteiger partial charge in [0.05, 0.1) is 18.4 Å². The Labute approximate surface area is 116 Å². The molecule has 1 atom stereocenters. The maximum atomic E-state index is 12.0. The molecule has 0 aliphatic heterocycles. The van der Waals surface area contributed by atoms with Gasteiger partial charge in [0.1, 0.15) is 10.8 Å². The predicted octanol–water partition coefficient (Wildman–Crippen LogP) is 2.93. The van der Waals surface area contributed by atoms with Crippen molar-refractivity contribution in [2.24, 2.45) is 0 Å². The first kappa shape index (κ1) is 13.5. The van der Waals surface area contributed by atoms with E-state index in [0.717, 1.165) is 11.1 Å². The average Bonchev–Trinajstić information content (AvgIpc) is 2.39. The number of nitrogens with zero attached hydrogens (tertiary/aromatic N) is 2. The summed E-state index contributed by atoms with van der Waals surface area (Å²) in [6.45, 7) is 3.94. The van der Waals surface area contributed by atoms with Crippen molar-refractivity contribution in [2.45, 2.75) is 19.9 Å². The molecule has 5 heteroatoms. The van der Waals surface area contributed by atoms with Gasteiger partial charge in [-0.3, -0.25) is 9.78 Å². The molecule has 1 N–H and O–H groups in total. The fourth-order valence-corrected chi connectivity index (χ4v) is 2.02. The molecular formula is C14H14ClN3O. The van der Waals surface area contributed by atoms with Crippen molar-refractivity contribution in [3.05, 3.63) is 58.6 Å². The third-order valence-corrected chi connectivity index (χ3v) is 3.02. The van der Waals surface area contributed by atoms with Gasteiger partial charge >= 0.3 is 0 Å². The number of aryl methyl sites for hydroxylation is 1. The van der Waals surface area contributed by atoms with Crippen LogP contribution in [0.4, 0.5) is 0 Å². The third-order valence-electron chi connectivity index (χ3n) is 2.84. The summed E-state index contributed by atoms with van der Waals surface area (Å²) in [5, 5.41) is 3.09. The van der Waals surface area contributed by atoms with E-state index in [4.69, 9.17) is 11.6 Å². The fourth-order valence-electron chi connectivity index (χ4n) is 1.87. The molecule has 1 heterocycles. The summed E-state index contributed by atoms with van der Waals surface area (Å²) in [6, 6.07) is 7.82.